The molecule has 0 fully saturated rings. The molecule has 0 saturated heterocycles. The molecule has 2 aromatic rings. The van der Waals surface area contributed by atoms with Gasteiger partial charge in [-0.3, -0.25) is 4.21 Å². The summed E-state index contributed by atoms with van der Waals surface area (Å²) in [6, 6.07) is 5.41. The lowest BCUT2D eigenvalue weighted by molar-refractivity contribution is 0.462. The van der Waals surface area contributed by atoms with Crippen molar-refractivity contribution >= 4 is 49.9 Å². The van der Waals surface area contributed by atoms with Crippen LogP contribution in [0, 0.1) is 11.5 Å². The van der Waals surface area contributed by atoms with Gasteiger partial charge >= 0.3 is 0 Å². The van der Waals surface area contributed by atoms with Gasteiger partial charge in [-0.15, -0.1) is 16.3 Å². The third-order valence-electron chi connectivity index (χ3n) is 2.94. The van der Waals surface area contributed by atoms with Gasteiger partial charge in [0, 0.05) is 23.9 Å². The molecule has 2 rings (SSSR count). The van der Waals surface area contributed by atoms with Crippen LogP contribution in [0.1, 0.15) is 6.92 Å². The molecule has 116 valence electrons. The summed E-state index contributed by atoms with van der Waals surface area (Å²) in [7, 11) is -1.24. The number of hydrogen-bond acceptors (Lipinski definition) is 5. The number of aromatic nitrogens is 1. The van der Waals surface area contributed by atoms with E-state index in [1.54, 1.807) is 23.2 Å². The minimum Gasteiger partial charge on any atom is -0.369 e. The first-order chi connectivity index (χ1) is 10.5. The van der Waals surface area contributed by atoms with E-state index in [1.807, 2.05) is 13.0 Å². The SMILES string of the molecule is CCN(CCS(=O)c1nc2cc(Cl)ccc2s1)C(N)=NC#N. The van der Waals surface area contributed by atoms with E-state index in [1.165, 1.54) is 11.3 Å². The standard InChI is InChI=1S/C13H14ClN5OS2/c1-2-19(12(16)17-8-15)5-6-22(20)13-18-10-7-9(14)3-4-11(10)21-13/h3-4,7H,2,5-6H2,1H3,(H2,16,17). The van der Waals surface area contributed by atoms with Crippen LogP contribution in [-0.2, 0) is 10.8 Å². The van der Waals surface area contributed by atoms with Crippen LogP contribution in [-0.4, -0.2) is 38.9 Å². The minimum absolute atomic E-state index is 0.137. The number of rotatable bonds is 5. The molecule has 1 atom stereocenters. The molecule has 0 aliphatic rings. The summed E-state index contributed by atoms with van der Waals surface area (Å²) >= 11 is 7.31. The molecule has 2 N–H and O–H groups in total. The third kappa shape index (κ3) is 3.94. The molecular weight excluding hydrogens is 342 g/mol. The first-order valence-electron chi connectivity index (χ1n) is 6.46. The van der Waals surface area contributed by atoms with Crippen molar-refractivity contribution in [2.24, 2.45) is 10.7 Å². The molecule has 0 bridgehead atoms. The van der Waals surface area contributed by atoms with Crippen LogP contribution in [0.15, 0.2) is 27.5 Å². The van der Waals surface area contributed by atoms with Crippen LogP contribution in [0.5, 0.6) is 0 Å². The summed E-state index contributed by atoms with van der Waals surface area (Å²) in [4.78, 5) is 9.55. The number of thiazole rings is 1. The Morgan fingerprint density at radius 1 is 1.64 bits per heavy atom. The van der Waals surface area contributed by atoms with Crippen molar-refractivity contribution in [3.63, 3.8) is 0 Å². The topological polar surface area (TPSA) is 95.4 Å². The summed E-state index contributed by atoms with van der Waals surface area (Å²) in [6.07, 6.45) is 1.65. The van der Waals surface area contributed by atoms with E-state index in [9.17, 15) is 4.21 Å². The maximum Gasteiger partial charge on any atom is 0.209 e. The zero-order valence-electron chi connectivity index (χ0n) is 11.8. The van der Waals surface area contributed by atoms with E-state index in [2.05, 4.69) is 9.98 Å². The number of hydrogen-bond donors (Lipinski definition) is 1. The summed E-state index contributed by atoms with van der Waals surface area (Å²) in [5.41, 5.74) is 6.42. The number of halogens is 1. The quantitative estimate of drug-likeness (QED) is 0.503. The molecule has 6 nitrogen and oxygen atoms in total. The number of nitrogens with two attached hydrogens (primary N) is 1. The molecule has 0 saturated carbocycles. The Hall–Kier alpha value is -1.69. The van der Waals surface area contributed by atoms with Gasteiger partial charge in [0.1, 0.15) is 0 Å². The van der Waals surface area contributed by atoms with Crippen LogP contribution in [0.3, 0.4) is 0 Å². The van der Waals surface area contributed by atoms with Crippen LogP contribution in [0.4, 0.5) is 0 Å². The van der Waals surface area contributed by atoms with Gasteiger partial charge in [0.05, 0.1) is 21.0 Å². The second kappa shape index (κ2) is 7.54. The highest BCUT2D eigenvalue weighted by Crippen LogP contribution is 2.26. The fraction of sp³-hybridized carbons (Fsp3) is 0.308. The van der Waals surface area contributed by atoms with Crippen molar-refractivity contribution in [3.05, 3.63) is 23.2 Å². The van der Waals surface area contributed by atoms with E-state index >= 15 is 0 Å². The number of nitrogens with zero attached hydrogens (tertiary/aromatic N) is 4. The monoisotopic (exact) mass is 355 g/mol. The molecule has 1 aromatic heterocycles. The van der Waals surface area contributed by atoms with Crippen molar-refractivity contribution in [2.75, 3.05) is 18.8 Å². The average molecular weight is 356 g/mol. The zero-order valence-corrected chi connectivity index (χ0v) is 14.2. The van der Waals surface area contributed by atoms with Crippen molar-refractivity contribution in [3.8, 4) is 6.19 Å². The first kappa shape index (κ1) is 16.7. The predicted molar refractivity (Wildman–Crippen MR) is 90.4 cm³/mol. The minimum atomic E-state index is -1.24. The van der Waals surface area contributed by atoms with Gasteiger partial charge in [-0.25, -0.2) is 4.98 Å². The molecule has 0 aliphatic heterocycles. The largest absolute Gasteiger partial charge is 0.369 e. The maximum absolute atomic E-state index is 12.4. The van der Waals surface area contributed by atoms with E-state index in [0.29, 0.717) is 28.2 Å². The van der Waals surface area contributed by atoms with Gasteiger partial charge in [-0.05, 0) is 25.1 Å². The number of aliphatic imine (C=N–C) groups is 1. The van der Waals surface area contributed by atoms with Gasteiger partial charge in [-0.2, -0.15) is 5.26 Å². The van der Waals surface area contributed by atoms with Gasteiger partial charge in [0.2, 0.25) is 12.2 Å². The number of benzene rings is 1. The van der Waals surface area contributed by atoms with E-state index in [0.717, 1.165) is 10.2 Å². The Kier molecular flexibility index (Phi) is 5.71. The van der Waals surface area contributed by atoms with E-state index < -0.39 is 10.8 Å². The Labute approximate surface area is 139 Å². The van der Waals surface area contributed by atoms with Crippen molar-refractivity contribution in [2.45, 2.75) is 11.3 Å². The van der Waals surface area contributed by atoms with Gasteiger partial charge in [0.25, 0.3) is 0 Å². The van der Waals surface area contributed by atoms with Crippen molar-refractivity contribution in [1.82, 2.24) is 9.88 Å². The maximum atomic E-state index is 12.4. The van der Waals surface area contributed by atoms with Crippen LogP contribution in [0.25, 0.3) is 10.2 Å². The lowest BCUT2D eigenvalue weighted by Gasteiger charge is -2.19. The smallest absolute Gasteiger partial charge is 0.209 e. The number of nitriles is 1. The molecule has 0 amide bonds. The van der Waals surface area contributed by atoms with Crippen LogP contribution in [0.2, 0.25) is 5.02 Å². The molecule has 0 spiro atoms. The Morgan fingerprint density at radius 3 is 3.09 bits per heavy atom. The second-order valence-electron chi connectivity index (χ2n) is 4.29. The summed E-state index contributed by atoms with van der Waals surface area (Å²) in [5, 5.41) is 9.12. The Balaban J connectivity index is 2.07. The zero-order chi connectivity index (χ0) is 16.1. The number of guanidine groups is 1. The average Bonchev–Trinajstić information content (AvgIpc) is 2.91. The molecule has 1 unspecified atom stereocenters. The highest BCUT2D eigenvalue weighted by atomic mass is 35.5. The van der Waals surface area contributed by atoms with E-state index in [4.69, 9.17) is 22.6 Å². The predicted octanol–water partition coefficient (Wildman–Crippen LogP) is 2.17. The van der Waals surface area contributed by atoms with Crippen LogP contribution >= 0.6 is 22.9 Å². The summed E-state index contributed by atoms with van der Waals surface area (Å²) in [5.74, 6) is 0.501. The van der Waals surface area contributed by atoms with Gasteiger partial charge in [0.15, 0.2) is 4.34 Å². The molecule has 1 aromatic carbocycles. The fourth-order valence-electron chi connectivity index (χ4n) is 1.81. The lowest BCUT2D eigenvalue weighted by Crippen LogP contribution is -2.39. The Bertz CT molecular complexity index is 767. The third-order valence-corrected chi connectivity index (χ3v) is 5.85. The highest BCUT2D eigenvalue weighted by molar-refractivity contribution is 7.87. The molecule has 22 heavy (non-hydrogen) atoms. The molecule has 1 heterocycles. The first-order valence-corrected chi connectivity index (χ1v) is 8.98. The highest BCUT2D eigenvalue weighted by Gasteiger charge is 2.13. The fourth-order valence-corrected chi connectivity index (χ4v) is 4.31. The number of fused-ring (bicyclic) bond motifs is 1. The van der Waals surface area contributed by atoms with Crippen LogP contribution < -0.4 is 5.73 Å². The molecule has 0 radical (unpaired) electrons. The van der Waals surface area contributed by atoms with Crippen molar-refractivity contribution in [1.29, 1.82) is 5.26 Å². The summed E-state index contributed by atoms with van der Waals surface area (Å²) in [6.45, 7) is 2.92. The van der Waals surface area contributed by atoms with Crippen molar-refractivity contribution < 1.29 is 4.21 Å². The van der Waals surface area contributed by atoms with Gasteiger partial charge < -0.3 is 10.6 Å². The van der Waals surface area contributed by atoms with E-state index in [-0.39, 0.29) is 5.96 Å². The van der Waals surface area contributed by atoms with Gasteiger partial charge in [-0.1, -0.05) is 11.6 Å². The second-order valence-corrected chi connectivity index (χ2v) is 7.50. The molecular formula is C13H14ClN5OS2. The molecule has 0 aliphatic carbocycles. The normalized spacial score (nSPS) is 13.0. The summed E-state index contributed by atoms with van der Waals surface area (Å²) < 4.78 is 13.9. The lowest BCUT2D eigenvalue weighted by atomic mass is 10.3. The Morgan fingerprint density at radius 2 is 2.41 bits per heavy atom. The molecule has 9 heteroatoms.